The second-order valence-corrected chi connectivity index (χ2v) is 3.39. The molecule has 1 aromatic heterocycles. The summed E-state index contributed by atoms with van der Waals surface area (Å²) in [6, 6.07) is 6.05. The number of fused-ring (bicyclic) bond motifs is 1. The summed E-state index contributed by atoms with van der Waals surface area (Å²) in [6.45, 7) is 4.10. The first-order chi connectivity index (χ1) is 6.20. The second-order valence-electron chi connectivity index (χ2n) is 3.39. The molecule has 0 amide bonds. The molecule has 2 nitrogen and oxygen atoms in total. The van der Waals surface area contributed by atoms with Crippen molar-refractivity contribution in [2.24, 2.45) is 0 Å². The molecule has 0 radical (unpaired) electrons. The molecule has 0 atom stereocenters. The molecule has 0 saturated heterocycles. The Morgan fingerprint density at radius 2 is 2.00 bits per heavy atom. The van der Waals surface area contributed by atoms with Gasteiger partial charge in [0.1, 0.15) is 0 Å². The topological polar surface area (TPSA) is 32.9 Å². The number of carbonyl (C=O) groups excluding carboxylic acids is 1. The average Bonchev–Trinajstić information content (AvgIpc) is 2.47. The van der Waals surface area contributed by atoms with Gasteiger partial charge >= 0.3 is 0 Å². The van der Waals surface area contributed by atoms with Gasteiger partial charge in [-0.2, -0.15) is 0 Å². The summed E-state index contributed by atoms with van der Waals surface area (Å²) in [6.07, 6.45) is 0.842. The number of aryl methyl sites for hydroxylation is 2. The van der Waals surface area contributed by atoms with E-state index in [0.29, 0.717) is 5.69 Å². The molecular formula is C11H11NO. The first kappa shape index (κ1) is 8.05. The maximum absolute atomic E-state index is 10.5. The SMILES string of the molecule is Cc1cc(C)c2cc(C=O)[nH]c2c1. The summed E-state index contributed by atoms with van der Waals surface area (Å²) in [7, 11) is 0. The van der Waals surface area contributed by atoms with Crippen molar-refractivity contribution in [3.05, 3.63) is 35.0 Å². The van der Waals surface area contributed by atoms with Crippen LogP contribution in [0.5, 0.6) is 0 Å². The first-order valence-corrected chi connectivity index (χ1v) is 4.26. The summed E-state index contributed by atoms with van der Waals surface area (Å²) in [5.41, 5.74) is 4.10. The van der Waals surface area contributed by atoms with Crippen molar-refractivity contribution in [1.29, 1.82) is 0 Å². The molecule has 0 spiro atoms. The summed E-state index contributed by atoms with van der Waals surface area (Å²) in [5, 5.41) is 1.13. The Kier molecular flexibility index (Phi) is 1.69. The van der Waals surface area contributed by atoms with Crippen molar-refractivity contribution in [1.82, 2.24) is 4.98 Å². The predicted molar refractivity (Wildman–Crippen MR) is 53.2 cm³/mol. The van der Waals surface area contributed by atoms with Crippen molar-refractivity contribution in [2.75, 3.05) is 0 Å². The molecule has 0 saturated carbocycles. The Morgan fingerprint density at radius 1 is 1.23 bits per heavy atom. The fraction of sp³-hybridized carbons (Fsp3) is 0.182. The number of aldehydes is 1. The van der Waals surface area contributed by atoms with E-state index >= 15 is 0 Å². The minimum absolute atomic E-state index is 0.642. The van der Waals surface area contributed by atoms with Crippen LogP contribution in [0.4, 0.5) is 0 Å². The van der Waals surface area contributed by atoms with Crippen molar-refractivity contribution in [3.8, 4) is 0 Å². The number of aromatic amines is 1. The van der Waals surface area contributed by atoms with E-state index in [1.807, 2.05) is 13.0 Å². The number of nitrogens with one attached hydrogen (secondary N) is 1. The third-order valence-electron chi connectivity index (χ3n) is 2.24. The van der Waals surface area contributed by atoms with Crippen molar-refractivity contribution in [3.63, 3.8) is 0 Å². The lowest BCUT2D eigenvalue weighted by atomic mass is 10.1. The summed E-state index contributed by atoms with van der Waals surface area (Å²) in [5.74, 6) is 0. The third-order valence-corrected chi connectivity index (χ3v) is 2.24. The molecule has 2 rings (SSSR count). The quantitative estimate of drug-likeness (QED) is 0.660. The molecule has 13 heavy (non-hydrogen) atoms. The summed E-state index contributed by atoms with van der Waals surface area (Å²) < 4.78 is 0. The Balaban J connectivity index is 2.82. The smallest absolute Gasteiger partial charge is 0.166 e. The molecule has 0 bridgehead atoms. The number of aromatic nitrogens is 1. The normalized spacial score (nSPS) is 10.6. The maximum atomic E-state index is 10.5. The number of rotatable bonds is 1. The Labute approximate surface area is 76.6 Å². The molecule has 66 valence electrons. The van der Waals surface area contributed by atoms with Gasteiger partial charge in [-0.3, -0.25) is 4.79 Å². The van der Waals surface area contributed by atoms with Crippen molar-refractivity contribution >= 4 is 17.2 Å². The minimum Gasteiger partial charge on any atom is -0.352 e. The maximum Gasteiger partial charge on any atom is 0.166 e. The highest BCUT2D eigenvalue weighted by Gasteiger charge is 2.02. The Morgan fingerprint density at radius 3 is 2.69 bits per heavy atom. The molecule has 2 aromatic rings. The van der Waals surface area contributed by atoms with Gasteiger partial charge in [0.2, 0.25) is 0 Å². The summed E-state index contributed by atoms with van der Waals surface area (Å²) >= 11 is 0. The molecule has 2 heteroatoms. The lowest BCUT2D eigenvalue weighted by Crippen LogP contribution is -1.78. The second kappa shape index (κ2) is 2.73. The van der Waals surface area contributed by atoms with Gasteiger partial charge in [0.15, 0.2) is 6.29 Å². The van der Waals surface area contributed by atoms with Gasteiger partial charge in [0.25, 0.3) is 0 Å². The Hall–Kier alpha value is -1.57. The van der Waals surface area contributed by atoms with Gasteiger partial charge in [0, 0.05) is 10.9 Å². The molecule has 0 aliphatic rings. The highest BCUT2D eigenvalue weighted by molar-refractivity contribution is 5.90. The number of benzene rings is 1. The monoisotopic (exact) mass is 173 g/mol. The zero-order chi connectivity index (χ0) is 9.42. The average molecular weight is 173 g/mol. The van der Waals surface area contributed by atoms with E-state index in [4.69, 9.17) is 0 Å². The van der Waals surface area contributed by atoms with Crippen LogP contribution in [-0.4, -0.2) is 11.3 Å². The first-order valence-electron chi connectivity index (χ1n) is 4.26. The lowest BCUT2D eigenvalue weighted by Gasteiger charge is -1.97. The molecule has 0 unspecified atom stereocenters. The van der Waals surface area contributed by atoms with Gasteiger partial charge < -0.3 is 4.98 Å². The molecule has 1 aromatic carbocycles. The van der Waals surface area contributed by atoms with Gasteiger partial charge in [-0.25, -0.2) is 0 Å². The number of carbonyl (C=O) groups is 1. The molecule has 1 heterocycles. The van der Waals surface area contributed by atoms with Gasteiger partial charge in [-0.05, 0) is 37.1 Å². The standard InChI is InChI=1S/C11H11NO/c1-7-3-8(2)10-5-9(6-13)12-11(10)4-7/h3-6,12H,1-2H3. The fourth-order valence-corrected chi connectivity index (χ4v) is 1.68. The highest BCUT2D eigenvalue weighted by Crippen LogP contribution is 2.20. The summed E-state index contributed by atoms with van der Waals surface area (Å²) in [4.78, 5) is 13.6. The third kappa shape index (κ3) is 1.24. The largest absolute Gasteiger partial charge is 0.352 e. The van der Waals surface area contributed by atoms with Gasteiger partial charge in [-0.15, -0.1) is 0 Å². The van der Waals surface area contributed by atoms with Crippen LogP contribution in [0, 0.1) is 13.8 Å². The van der Waals surface area contributed by atoms with Crippen molar-refractivity contribution < 1.29 is 4.79 Å². The lowest BCUT2D eigenvalue weighted by molar-refractivity contribution is 0.112. The van der Waals surface area contributed by atoms with E-state index in [0.717, 1.165) is 17.2 Å². The zero-order valence-electron chi connectivity index (χ0n) is 7.72. The molecule has 0 aliphatic carbocycles. The van der Waals surface area contributed by atoms with Gasteiger partial charge in [-0.1, -0.05) is 6.07 Å². The minimum atomic E-state index is 0.642. The van der Waals surface area contributed by atoms with E-state index in [-0.39, 0.29) is 0 Å². The number of hydrogen-bond acceptors (Lipinski definition) is 1. The number of hydrogen-bond donors (Lipinski definition) is 1. The van der Waals surface area contributed by atoms with Crippen LogP contribution in [0.1, 0.15) is 21.6 Å². The van der Waals surface area contributed by atoms with E-state index in [2.05, 4.69) is 24.0 Å². The van der Waals surface area contributed by atoms with Crippen LogP contribution in [0.3, 0.4) is 0 Å². The van der Waals surface area contributed by atoms with Crippen LogP contribution in [-0.2, 0) is 0 Å². The van der Waals surface area contributed by atoms with E-state index < -0.39 is 0 Å². The van der Waals surface area contributed by atoms with Crippen LogP contribution in [0.25, 0.3) is 10.9 Å². The van der Waals surface area contributed by atoms with Crippen LogP contribution >= 0.6 is 0 Å². The predicted octanol–water partition coefficient (Wildman–Crippen LogP) is 2.60. The molecular weight excluding hydrogens is 162 g/mol. The molecule has 1 N–H and O–H groups in total. The van der Waals surface area contributed by atoms with E-state index in [1.54, 1.807) is 0 Å². The van der Waals surface area contributed by atoms with E-state index in [9.17, 15) is 4.79 Å². The van der Waals surface area contributed by atoms with Crippen LogP contribution < -0.4 is 0 Å². The van der Waals surface area contributed by atoms with Crippen molar-refractivity contribution in [2.45, 2.75) is 13.8 Å². The highest BCUT2D eigenvalue weighted by atomic mass is 16.1. The zero-order valence-corrected chi connectivity index (χ0v) is 7.72. The molecule has 0 aliphatic heterocycles. The molecule has 0 fully saturated rings. The van der Waals surface area contributed by atoms with Gasteiger partial charge in [0.05, 0.1) is 5.69 Å². The number of H-pyrrole nitrogens is 1. The van der Waals surface area contributed by atoms with Crippen LogP contribution in [0.15, 0.2) is 18.2 Å². The van der Waals surface area contributed by atoms with E-state index in [1.165, 1.54) is 11.1 Å². The Bertz CT molecular complexity index is 468. The van der Waals surface area contributed by atoms with Crippen LogP contribution in [0.2, 0.25) is 0 Å². The fourth-order valence-electron chi connectivity index (χ4n) is 1.68.